The molecule has 5 atom stereocenters. The van der Waals surface area contributed by atoms with Crippen LogP contribution in [0, 0.1) is 0 Å². The first-order valence-corrected chi connectivity index (χ1v) is 18.3. The molecule has 0 bridgehead atoms. The fraction of sp³-hybridized carbons (Fsp3) is 0.395. The Morgan fingerprint density at radius 3 is 2.17 bits per heavy atom. The van der Waals surface area contributed by atoms with E-state index in [1.54, 1.807) is 0 Å². The number of aliphatic hydroxyl groups is 2. The van der Waals surface area contributed by atoms with E-state index in [1.807, 2.05) is 98.9 Å². The molecule has 1 saturated heterocycles. The van der Waals surface area contributed by atoms with Crippen LogP contribution in [0.15, 0.2) is 103 Å². The van der Waals surface area contributed by atoms with Crippen molar-refractivity contribution in [3.8, 4) is 11.1 Å². The smallest absolute Gasteiger partial charge is 0.303 e. The van der Waals surface area contributed by atoms with Crippen LogP contribution in [0.1, 0.15) is 98.2 Å². The molecular formula is C43H52N2O7. The Kier molecular flexibility index (Phi) is 14.5. The lowest BCUT2D eigenvalue weighted by Gasteiger charge is -2.39. The summed E-state index contributed by atoms with van der Waals surface area (Å²) in [4.78, 5) is 25.4. The molecule has 4 aromatic carbocycles. The third kappa shape index (κ3) is 11.1. The lowest BCUT2D eigenvalue weighted by atomic mass is 9.97. The van der Waals surface area contributed by atoms with Crippen molar-refractivity contribution in [2.24, 2.45) is 0 Å². The fourth-order valence-electron chi connectivity index (χ4n) is 6.66. The summed E-state index contributed by atoms with van der Waals surface area (Å²) in [6.07, 6.45) is 2.58. The summed E-state index contributed by atoms with van der Waals surface area (Å²) in [5.74, 6) is -0.795. The van der Waals surface area contributed by atoms with Gasteiger partial charge in [0.05, 0.1) is 24.9 Å². The third-order valence-corrected chi connectivity index (χ3v) is 9.93. The van der Waals surface area contributed by atoms with Crippen molar-refractivity contribution in [1.82, 2.24) is 10.2 Å². The second kappa shape index (κ2) is 19.5. The zero-order chi connectivity index (χ0) is 36.9. The maximum Gasteiger partial charge on any atom is 0.303 e. The van der Waals surface area contributed by atoms with Gasteiger partial charge in [0, 0.05) is 44.0 Å². The van der Waals surface area contributed by atoms with Gasteiger partial charge in [-0.3, -0.25) is 14.5 Å². The van der Waals surface area contributed by atoms with Crippen molar-refractivity contribution < 1.29 is 34.4 Å². The summed E-state index contributed by atoms with van der Waals surface area (Å²) >= 11 is 0. The maximum atomic E-state index is 12.6. The number of hydrogen-bond donors (Lipinski definition) is 4. The van der Waals surface area contributed by atoms with E-state index in [0.29, 0.717) is 32.4 Å². The minimum Gasteiger partial charge on any atom is -0.481 e. The first kappa shape index (κ1) is 38.8. The number of carbonyl (C=O) groups is 2. The SMILES string of the molecule is C[C@@H]([C@H](O)c1ccccc1)N(C)C[C@@H]1C[C@H](c2ccc(CO)cc2)O[C@H](c2ccc(-c3ccccc3CNC(=O)CCCCCCC(=O)O)cc2)O1. The standard InChI is InChI=1S/C43H52N2O7/c1-30(42(50)34-12-6-5-7-13-34)45(2)28-37-26-39(33-20-18-31(29-46)19-21-33)52-43(51-37)35-24-22-32(23-25-35)38-15-11-10-14-36(38)27-44-40(47)16-8-3-4-9-17-41(48)49/h5-7,10-15,18-25,30,37,39,42-43,46,50H,3-4,8-9,16-17,26-29H2,1-2H3,(H,44,47)(H,48,49)/t30-,37-,39+,42-,43+/m0/s1. The summed E-state index contributed by atoms with van der Waals surface area (Å²) < 4.78 is 13.2. The van der Waals surface area contributed by atoms with Gasteiger partial charge in [-0.2, -0.15) is 0 Å². The highest BCUT2D eigenvalue weighted by atomic mass is 16.7. The number of rotatable bonds is 18. The van der Waals surface area contributed by atoms with Crippen molar-refractivity contribution in [3.63, 3.8) is 0 Å². The second-order valence-electron chi connectivity index (χ2n) is 13.7. The number of aliphatic hydroxyl groups excluding tert-OH is 2. The summed E-state index contributed by atoms with van der Waals surface area (Å²) in [7, 11) is 2.01. The highest BCUT2D eigenvalue weighted by molar-refractivity contribution is 5.76. The van der Waals surface area contributed by atoms with E-state index in [1.165, 1.54) is 0 Å². The van der Waals surface area contributed by atoms with E-state index in [0.717, 1.165) is 58.2 Å². The molecule has 276 valence electrons. The molecule has 5 rings (SSSR count). The van der Waals surface area contributed by atoms with Gasteiger partial charge in [0.15, 0.2) is 6.29 Å². The molecule has 52 heavy (non-hydrogen) atoms. The molecule has 1 heterocycles. The quantitative estimate of drug-likeness (QED) is 0.0784. The number of aliphatic carboxylic acids is 1. The van der Waals surface area contributed by atoms with Gasteiger partial charge in [-0.15, -0.1) is 0 Å². The zero-order valence-electron chi connectivity index (χ0n) is 30.2. The second-order valence-corrected chi connectivity index (χ2v) is 13.7. The van der Waals surface area contributed by atoms with E-state index in [9.17, 15) is 19.8 Å². The van der Waals surface area contributed by atoms with Crippen molar-refractivity contribution in [3.05, 3.63) is 131 Å². The molecule has 0 saturated carbocycles. The number of amides is 1. The number of carboxylic acids is 1. The van der Waals surface area contributed by atoms with Gasteiger partial charge in [0.1, 0.15) is 0 Å². The maximum absolute atomic E-state index is 12.6. The molecule has 4 aromatic rings. The van der Waals surface area contributed by atoms with E-state index in [-0.39, 0.29) is 37.2 Å². The monoisotopic (exact) mass is 708 g/mol. The van der Waals surface area contributed by atoms with Crippen LogP contribution in [-0.4, -0.2) is 57.8 Å². The summed E-state index contributed by atoms with van der Waals surface area (Å²) in [6, 6.07) is 33.6. The van der Waals surface area contributed by atoms with Crippen LogP contribution in [0.2, 0.25) is 0 Å². The predicted molar refractivity (Wildman–Crippen MR) is 201 cm³/mol. The van der Waals surface area contributed by atoms with Crippen molar-refractivity contribution in [2.75, 3.05) is 13.6 Å². The van der Waals surface area contributed by atoms with Gasteiger partial charge in [-0.25, -0.2) is 0 Å². The van der Waals surface area contributed by atoms with Crippen molar-refractivity contribution >= 4 is 11.9 Å². The van der Waals surface area contributed by atoms with Crippen LogP contribution < -0.4 is 5.32 Å². The molecule has 4 N–H and O–H groups in total. The molecule has 0 spiro atoms. The topological polar surface area (TPSA) is 129 Å². The van der Waals surface area contributed by atoms with E-state index < -0.39 is 18.4 Å². The molecule has 1 amide bonds. The number of nitrogens with one attached hydrogen (secondary N) is 1. The van der Waals surface area contributed by atoms with E-state index in [4.69, 9.17) is 14.6 Å². The normalized spacial score (nSPS) is 18.5. The van der Waals surface area contributed by atoms with Gasteiger partial charge in [-0.05, 0) is 60.2 Å². The van der Waals surface area contributed by atoms with Crippen LogP contribution in [0.4, 0.5) is 0 Å². The Morgan fingerprint density at radius 2 is 1.48 bits per heavy atom. The number of ether oxygens (including phenoxy) is 2. The number of unbranched alkanes of at least 4 members (excludes halogenated alkanes) is 3. The van der Waals surface area contributed by atoms with Crippen LogP contribution in [0.25, 0.3) is 11.1 Å². The van der Waals surface area contributed by atoms with Crippen LogP contribution in [0.5, 0.6) is 0 Å². The summed E-state index contributed by atoms with van der Waals surface area (Å²) in [5.41, 5.74) is 6.67. The summed E-state index contributed by atoms with van der Waals surface area (Å²) in [6.45, 7) is 3.01. The number of hydrogen-bond acceptors (Lipinski definition) is 7. The average Bonchev–Trinajstić information content (AvgIpc) is 3.18. The molecule has 0 radical (unpaired) electrons. The first-order valence-electron chi connectivity index (χ1n) is 18.3. The average molecular weight is 709 g/mol. The molecule has 9 heteroatoms. The molecular weight excluding hydrogens is 656 g/mol. The highest BCUT2D eigenvalue weighted by Gasteiger charge is 2.34. The number of carbonyl (C=O) groups excluding carboxylic acids is 1. The number of benzene rings is 4. The van der Waals surface area contributed by atoms with Crippen molar-refractivity contribution in [2.45, 2.75) is 95.7 Å². The molecule has 1 fully saturated rings. The predicted octanol–water partition coefficient (Wildman–Crippen LogP) is 7.49. The summed E-state index contributed by atoms with van der Waals surface area (Å²) in [5, 5.41) is 32.5. The van der Waals surface area contributed by atoms with Gasteiger partial charge in [0.25, 0.3) is 0 Å². The van der Waals surface area contributed by atoms with E-state index >= 15 is 0 Å². The lowest BCUT2D eigenvalue weighted by Crippen LogP contribution is -2.43. The number of nitrogens with zero attached hydrogens (tertiary/aromatic N) is 1. The Morgan fingerprint density at radius 1 is 0.827 bits per heavy atom. The Bertz CT molecular complexity index is 1700. The first-order chi connectivity index (χ1) is 25.2. The Hall–Kier alpha value is -4.38. The molecule has 1 aliphatic rings. The molecule has 0 aromatic heterocycles. The van der Waals surface area contributed by atoms with Crippen LogP contribution >= 0.6 is 0 Å². The largest absolute Gasteiger partial charge is 0.481 e. The minimum atomic E-state index is -0.781. The molecule has 0 aliphatic carbocycles. The third-order valence-electron chi connectivity index (χ3n) is 9.93. The lowest BCUT2D eigenvalue weighted by molar-refractivity contribution is -0.253. The molecule has 0 unspecified atom stereocenters. The Balaban J connectivity index is 1.25. The van der Waals surface area contributed by atoms with Gasteiger partial charge < -0.3 is 30.1 Å². The van der Waals surface area contributed by atoms with Crippen LogP contribution in [0.3, 0.4) is 0 Å². The highest BCUT2D eigenvalue weighted by Crippen LogP contribution is 2.39. The fourth-order valence-corrected chi connectivity index (χ4v) is 6.66. The molecule has 1 aliphatic heterocycles. The van der Waals surface area contributed by atoms with Gasteiger partial charge in [0.2, 0.25) is 5.91 Å². The van der Waals surface area contributed by atoms with Gasteiger partial charge in [-0.1, -0.05) is 116 Å². The van der Waals surface area contributed by atoms with Crippen molar-refractivity contribution in [1.29, 1.82) is 0 Å². The Labute approximate surface area is 307 Å². The number of carboxylic acid groups (broad SMARTS) is 1. The van der Waals surface area contributed by atoms with Gasteiger partial charge >= 0.3 is 5.97 Å². The van der Waals surface area contributed by atoms with E-state index in [2.05, 4.69) is 28.4 Å². The molecule has 9 nitrogen and oxygen atoms in total. The number of likely N-dealkylation sites (N-methyl/N-ethyl adjacent to an activating group) is 1. The minimum absolute atomic E-state index is 0.0142. The zero-order valence-corrected chi connectivity index (χ0v) is 30.2. The van der Waals surface area contributed by atoms with Crippen LogP contribution in [-0.2, 0) is 32.2 Å².